The molecular formula is C18H17N3O4S3. The molecule has 0 radical (unpaired) electrons. The summed E-state index contributed by atoms with van der Waals surface area (Å²) in [6, 6.07) is 1.60. The number of carbonyl (C=O) groups is 2. The van der Waals surface area contributed by atoms with E-state index in [0.29, 0.717) is 21.1 Å². The van der Waals surface area contributed by atoms with E-state index in [-0.39, 0.29) is 17.2 Å². The van der Waals surface area contributed by atoms with Crippen LogP contribution in [0.15, 0.2) is 21.4 Å². The van der Waals surface area contributed by atoms with Crippen molar-refractivity contribution in [3.05, 3.63) is 37.8 Å². The second kappa shape index (κ2) is 8.06. The smallest absolute Gasteiger partial charge is 0.340 e. The van der Waals surface area contributed by atoms with E-state index in [9.17, 15) is 14.4 Å². The normalized spacial score (nSPS) is 13.3. The number of aromatic amines is 1. The summed E-state index contributed by atoms with van der Waals surface area (Å²) in [5, 5.41) is 5.99. The molecule has 3 aromatic heterocycles. The Morgan fingerprint density at radius 1 is 1.36 bits per heavy atom. The lowest BCUT2D eigenvalue weighted by Gasteiger charge is -2.09. The van der Waals surface area contributed by atoms with Crippen molar-refractivity contribution < 1.29 is 14.3 Å². The van der Waals surface area contributed by atoms with Gasteiger partial charge in [0.2, 0.25) is 5.91 Å². The maximum atomic E-state index is 12.5. The van der Waals surface area contributed by atoms with Crippen molar-refractivity contribution in [2.75, 3.05) is 18.2 Å². The number of aryl methyl sites for hydroxylation is 2. The first-order valence-corrected chi connectivity index (χ1v) is 11.4. The molecule has 146 valence electrons. The fraction of sp³-hybridized carbons (Fsp3) is 0.333. The van der Waals surface area contributed by atoms with E-state index in [1.807, 2.05) is 0 Å². The first kappa shape index (κ1) is 19.2. The van der Waals surface area contributed by atoms with E-state index in [4.69, 9.17) is 4.74 Å². The number of H-pyrrole nitrogens is 1. The van der Waals surface area contributed by atoms with Gasteiger partial charge in [-0.25, -0.2) is 9.78 Å². The number of aromatic nitrogens is 2. The van der Waals surface area contributed by atoms with Gasteiger partial charge in [0.15, 0.2) is 5.16 Å². The van der Waals surface area contributed by atoms with Crippen LogP contribution in [0, 0.1) is 0 Å². The third kappa shape index (κ3) is 3.71. The summed E-state index contributed by atoms with van der Waals surface area (Å²) in [4.78, 5) is 45.8. The molecule has 7 nitrogen and oxygen atoms in total. The molecule has 0 spiro atoms. The standard InChI is InChI=1S/C18H17N3O4S3/c1-25-17(24)10-6-7-26-15(10)19-12(22)8-27-18-20-14(23)13-9-4-2-3-5-11(9)28-16(13)21-18/h6-7H,2-5,8H2,1H3,(H,19,22)(H,20,21,23). The van der Waals surface area contributed by atoms with Crippen molar-refractivity contribution in [2.24, 2.45) is 0 Å². The highest BCUT2D eigenvalue weighted by Crippen LogP contribution is 2.34. The number of thioether (sulfide) groups is 1. The topological polar surface area (TPSA) is 101 Å². The van der Waals surface area contributed by atoms with Gasteiger partial charge >= 0.3 is 5.97 Å². The third-order valence-electron chi connectivity index (χ3n) is 4.47. The van der Waals surface area contributed by atoms with Gasteiger partial charge in [0, 0.05) is 4.88 Å². The fourth-order valence-corrected chi connectivity index (χ4v) is 5.96. The first-order chi connectivity index (χ1) is 13.6. The van der Waals surface area contributed by atoms with E-state index < -0.39 is 5.97 Å². The Hall–Kier alpha value is -2.17. The quantitative estimate of drug-likeness (QED) is 0.362. The molecule has 1 aliphatic carbocycles. The highest BCUT2D eigenvalue weighted by Gasteiger charge is 2.20. The van der Waals surface area contributed by atoms with Gasteiger partial charge in [-0.2, -0.15) is 0 Å². The highest BCUT2D eigenvalue weighted by molar-refractivity contribution is 7.99. The van der Waals surface area contributed by atoms with Crippen LogP contribution in [0.4, 0.5) is 5.00 Å². The maximum absolute atomic E-state index is 12.5. The molecule has 4 rings (SSSR count). The average Bonchev–Trinajstić information content (AvgIpc) is 3.30. The van der Waals surface area contributed by atoms with Crippen LogP contribution in [0.5, 0.6) is 0 Å². The number of anilines is 1. The number of rotatable bonds is 5. The molecule has 3 heterocycles. The maximum Gasteiger partial charge on any atom is 0.340 e. The molecule has 0 fully saturated rings. The Morgan fingerprint density at radius 3 is 3.00 bits per heavy atom. The monoisotopic (exact) mass is 435 g/mol. The van der Waals surface area contributed by atoms with Crippen molar-refractivity contribution in [3.8, 4) is 0 Å². The van der Waals surface area contributed by atoms with Gasteiger partial charge in [0.05, 0.1) is 23.8 Å². The predicted octanol–water partition coefficient (Wildman–Crippen LogP) is 3.44. The zero-order valence-corrected chi connectivity index (χ0v) is 17.4. The van der Waals surface area contributed by atoms with Crippen LogP contribution in [0.3, 0.4) is 0 Å². The Balaban J connectivity index is 1.47. The minimum atomic E-state index is -0.498. The van der Waals surface area contributed by atoms with Crippen molar-refractivity contribution in [1.29, 1.82) is 0 Å². The van der Waals surface area contributed by atoms with Gasteiger partial charge < -0.3 is 15.0 Å². The van der Waals surface area contributed by atoms with Crippen molar-refractivity contribution in [3.63, 3.8) is 0 Å². The largest absolute Gasteiger partial charge is 0.465 e. The van der Waals surface area contributed by atoms with Crippen LogP contribution >= 0.6 is 34.4 Å². The molecule has 0 atom stereocenters. The number of amides is 1. The molecule has 0 aromatic carbocycles. The van der Waals surface area contributed by atoms with E-state index in [0.717, 1.165) is 47.8 Å². The number of hydrogen-bond donors (Lipinski definition) is 2. The van der Waals surface area contributed by atoms with Gasteiger partial charge in [-0.05, 0) is 42.7 Å². The van der Waals surface area contributed by atoms with E-state index in [1.165, 1.54) is 23.3 Å². The lowest BCUT2D eigenvalue weighted by molar-refractivity contribution is -0.113. The molecule has 1 amide bonds. The summed E-state index contributed by atoms with van der Waals surface area (Å²) in [6.45, 7) is 0. The Morgan fingerprint density at radius 2 is 2.18 bits per heavy atom. The Labute approximate surface area is 172 Å². The molecule has 3 aromatic rings. The number of nitrogens with zero attached hydrogens (tertiary/aromatic N) is 1. The van der Waals surface area contributed by atoms with Crippen LogP contribution in [0.1, 0.15) is 33.6 Å². The molecular weight excluding hydrogens is 418 g/mol. The van der Waals surface area contributed by atoms with Gasteiger partial charge in [-0.3, -0.25) is 9.59 Å². The number of nitrogens with one attached hydrogen (secondary N) is 2. The second-order valence-electron chi connectivity index (χ2n) is 6.25. The van der Waals surface area contributed by atoms with Crippen LogP contribution in [-0.4, -0.2) is 34.7 Å². The van der Waals surface area contributed by atoms with E-state index in [2.05, 4.69) is 15.3 Å². The second-order valence-corrected chi connectivity index (χ2v) is 9.22. The Bertz CT molecular complexity index is 1120. The zero-order chi connectivity index (χ0) is 19.7. The fourth-order valence-electron chi connectivity index (χ4n) is 3.19. The van der Waals surface area contributed by atoms with Gasteiger partial charge in [0.25, 0.3) is 5.56 Å². The minimum Gasteiger partial charge on any atom is -0.465 e. The first-order valence-electron chi connectivity index (χ1n) is 8.70. The van der Waals surface area contributed by atoms with Crippen LogP contribution in [0.2, 0.25) is 0 Å². The number of hydrogen-bond acceptors (Lipinski definition) is 8. The molecule has 0 aliphatic heterocycles. The SMILES string of the molecule is COC(=O)c1ccsc1NC(=O)CSc1nc2sc3c(c2c(=O)[nH]1)CCCC3. The summed E-state index contributed by atoms with van der Waals surface area (Å²) in [6.07, 6.45) is 4.18. The van der Waals surface area contributed by atoms with Crippen molar-refractivity contribution >= 4 is 61.5 Å². The number of methoxy groups -OCH3 is 1. The summed E-state index contributed by atoms with van der Waals surface area (Å²) in [5.74, 6) is -0.717. The summed E-state index contributed by atoms with van der Waals surface area (Å²) in [7, 11) is 1.29. The number of esters is 1. The van der Waals surface area contributed by atoms with E-state index >= 15 is 0 Å². The Kier molecular flexibility index (Phi) is 5.51. The number of carbonyl (C=O) groups excluding carboxylic acids is 2. The van der Waals surface area contributed by atoms with Gasteiger partial charge in [0.1, 0.15) is 9.83 Å². The zero-order valence-electron chi connectivity index (χ0n) is 15.0. The van der Waals surface area contributed by atoms with Crippen molar-refractivity contribution in [2.45, 2.75) is 30.8 Å². The van der Waals surface area contributed by atoms with Crippen LogP contribution < -0.4 is 10.9 Å². The number of ether oxygens (including phenoxy) is 1. The molecule has 0 saturated carbocycles. The molecule has 10 heteroatoms. The summed E-state index contributed by atoms with van der Waals surface area (Å²) >= 11 is 3.99. The molecule has 2 N–H and O–H groups in total. The van der Waals surface area contributed by atoms with Gasteiger partial charge in [-0.1, -0.05) is 11.8 Å². The van der Waals surface area contributed by atoms with Crippen molar-refractivity contribution in [1.82, 2.24) is 9.97 Å². The molecule has 0 unspecified atom stereocenters. The average molecular weight is 436 g/mol. The molecule has 1 aliphatic rings. The summed E-state index contributed by atoms with van der Waals surface area (Å²) in [5.41, 5.74) is 1.32. The lowest BCUT2D eigenvalue weighted by Crippen LogP contribution is -2.16. The number of thiophene rings is 2. The molecule has 0 bridgehead atoms. The predicted molar refractivity (Wildman–Crippen MR) is 112 cm³/mol. The highest BCUT2D eigenvalue weighted by atomic mass is 32.2. The summed E-state index contributed by atoms with van der Waals surface area (Å²) < 4.78 is 4.70. The number of fused-ring (bicyclic) bond motifs is 3. The minimum absolute atomic E-state index is 0.0675. The molecule has 28 heavy (non-hydrogen) atoms. The van der Waals surface area contributed by atoms with Crippen LogP contribution in [-0.2, 0) is 22.4 Å². The van der Waals surface area contributed by atoms with Crippen LogP contribution in [0.25, 0.3) is 10.2 Å². The van der Waals surface area contributed by atoms with Gasteiger partial charge in [-0.15, -0.1) is 22.7 Å². The molecule has 0 saturated heterocycles. The third-order valence-corrected chi connectivity index (χ3v) is 7.36. The lowest BCUT2D eigenvalue weighted by atomic mass is 9.97. The van der Waals surface area contributed by atoms with E-state index in [1.54, 1.807) is 22.8 Å².